The highest BCUT2D eigenvalue weighted by Gasteiger charge is 2.30. The molecule has 0 aliphatic carbocycles. The third-order valence-electron chi connectivity index (χ3n) is 6.05. The van der Waals surface area contributed by atoms with E-state index in [1.807, 2.05) is 39.0 Å². The number of ether oxygens (including phenoxy) is 3. The van der Waals surface area contributed by atoms with Crippen LogP contribution in [0.25, 0.3) is 10.6 Å². The van der Waals surface area contributed by atoms with Crippen molar-refractivity contribution in [2.45, 2.75) is 72.3 Å². The predicted octanol–water partition coefficient (Wildman–Crippen LogP) is 7.88. The molecule has 2 aromatic carbocycles. The summed E-state index contributed by atoms with van der Waals surface area (Å²) in [5.41, 5.74) is 2.69. The molecule has 0 radical (unpaired) electrons. The molecule has 5 nitrogen and oxygen atoms in total. The van der Waals surface area contributed by atoms with Crippen LogP contribution in [0, 0.1) is 13.8 Å². The van der Waals surface area contributed by atoms with E-state index in [1.54, 1.807) is 6.92 Å². The molecule has 0 aliphatic heterocycles. The first kappa shape index (κ1) is 29.6. The van der Waals surface area contributed by atoms with Crippen LogP contribution in [0.1, 0.15) is 67.0 Å². The number of halogens is 3. The Hall–Kier alpha value is -2.91. The van der Waals surface area contributed by atoms with Crippen molar-refractivity contribution in [1.29, 1.82) is 0 Å². The van der Waals surface area contributed by atoms with Crippen LogP contribution in [0.2, 0.25) is 0 Å². The quantitative estimate of drug-likeness (QED) is 0.215. The van der Waals surface area contributed by atoms with E-state index in [-0.39, 0.29) is 12.1 Å². The maximum Gasteiger partial charge on any atom is 0.416 e. The molecule has 0 N–H and O–H groups in total. The van der Waals surface area contributed by atoms with Gasteiger partial charge >= 0.3 is 12.1 Å². The summed E-state index contributed by atoms with van der Waals surface area (Å²) < 4.78 is 56.0. The summed E-state index contributed by atoms with van der Waals surface area (Å²) in [5, 5.41) is 0.656. The van der Waals surface area contributed by atoms with Gasteiger partial charge in [-0.3, -0.25) is 0 Å². The number of thiazole rings is 1. The fourth-order valence-electron chi connectivity index (χ4n) is 4.12. The SMILES string of the molecule is CCCC(Oc1ccc(CC(OCC)C(=O)OCC)c(C)c1)c1sc(-c2ccc(C(F)(F)F)cc2)nc1C. The second-order valence-corrected chi connectivity index (χ2v) is 9.96. The Labute approximate surface area is 226 Å². The Kier molecular flexibility index (Phi) is 10.3. The number of esters is 1. The van der Waals surface area contributed by atoms with Crippen molar-refractivity contribution in [1.82, 2.24) is 4.98 Å². The molecule has 2 atom stereocenters. The fourth-order valence-corrected chi connectivity index (χ4v) is 5.25. The summed E-state index contributed by atoms with van der Waals surface area (Å²) >= 11 is 1.44. The van der Waals surface area contributed by atoms with E-state index in [0.717, 1.165) is 46.7 Å². The molecule has 0 bridgehead atoms. The molecular formula is C29H34F3NO4S. The van der Waals surface area contributed by atoms with Crippen LogP contribution in [-0.4, -0.2) is 30.3 Å². The average molecular weight is 550 g/mol. The Bertz CT molecular complexity index is 1210. The molecule has 0 fully saturated rings. The van der Waals surface area contributed by atoms with Gasteiger partial charge in [-0.05, 0) is 69.5 Å². The van der Waals surface area contributed by atoms with E-state index in [9.17, 15) is 18.0 Å². The highest BCUT2D eigenvalue weighted by molar-refractivity contribution is 7.15. The second-order valence-electron chi connectivity index (χ2n) is 8.93. The first-order valence-corrected chi connectivity index (χ1v) is 13.6. The van der Waals surface area contributed by atoms with Gasteiger partial charge in [0.25, 0.3) is 0 Å². The monoisotopic (exact) mass is 549 g/mol. The molecule has 38 heavy (non-hydrogen) atoms. The molecule has 206 valence electrons. The molecule has 1 aromatic heterocycles. The molecule has 3 aromatic rings. The second kappa shape index (κ2) is 13.2. The van der Waals surface area contributed by atoms with Crippen molar-refractivity contribution >= 4 is 17.3 Å². The van der Waals surface area contributed by atoms with Gasteiger partial charge in [0.1, 0.15) is 16.9 Å². The summed E-state index contributed by atoms with van der Waals surface area (Å²) in [6.07, 6.45) is -3.25. The van der Waals surface area contributed by atoms with E-state index >= 15 is 0 Å². The van der Waals surface area contributed by atoms with Gasteiger partial charge in [0.15, 0.2) is 6.10 Å². The number of rotatable bonds is 12. The van der Waals surface area contributed by atoms with E-state index in [2.05, 4.69) is 11.9 Å². The van der Waals surface area contributed by atoms with Gasteiger partial charge in [-0.15, -0.1) is 11.3 Å². The lowest BCUT2D eigenvalue weighted by molar-refractivity contribution is -0.156. The zero-order valence-electron chi connectivity index (χ0n) is 22.4. The number of carbonyl (C=O) groups excluding carboxylic acids is 1. The molecular weight excluding hydrogens is 515 g/mol. The first-order chi connectivity index (χ1) is 18.1. The Morgan fingerprint density at radius 1 is 1.03 bits per heavy atom. The van der Waals surface area contributed by atoms with Crippen molar-refractivity contribution in [3.05, 3.63) is 69.7 Å². The third kappa shape index (κ3) is 7.57. The highest BCUT2D eigenvalue weighted by Crippen LogP contribution is 2.38. The predicted molar refractivity (Wildman–Crippen MR) is 142 cm³/mol. The third-order valence-corrected chi connectivity index (χ3v) is 7.35. The fraction of sp³-hybridized carbons (Fsp3) is 0.448. The van der Waals surface area contributed by atoms with Crippen molar-refractivity contribution < 1.29 is 32.2 Å². The van der Waals surface area contributed by atoms with Crippen LogP contribution in [0.3, 0.4) is 0 Å². The van der Waals surface area contributed by atoms with Crippen LogP contribution in [0.5, 0.6) is 5.75 Å². The number of carbonyl (C=O) groups is 1. The molecule has 3 rings (SSSR count). The molecule has 9 heteroatoms. The van der Waals surface area contributed by atoms with Crippen LogP contribution in [-0.2, 0) is 26.9 Å². The van der Waals surface area contributed by atoms with E-state index in [4.69, 9.17) is 14.2 Å². The van der Waals surface area contributed by atoms with E-state index in [1.165, 1.54) is 23.5 Å². The average Bonchev–Trinajstić information content (AvgIpc) is 3.26. The minimum atomic E-state index is -4.38. The number of nitrogens with zero attached hydrogens (tertiary/aromatic N) is 1. The van der Waals surface area contributed by atoms with Crippen LogP contribution in [0.15, 0.2) is 42.5 Å². The van der Waals surface area contributed by atoms with Crippen molar-refractivity contribution in [3.63, 3.8) is 0 Å². The zero-order valence-corrected chi connectivity index (χ0v) is 23.2. The Morgan fingerprint density at radius 2 is 1.74 bits per heavy atom. The molecule has 1 heterocycles. The summed E-state index contributed by atoms with van der Waals surface area (Å²) in [4.78, 5) is 17.8. The molecule has 2 unspecified atom stereocenters. The van der Waals surface area contributed by atoms with Gasteiger partial charge in [-0.2, -0.15) is 13.2 Å². The summed E-state index contributed by atoms with van der Waals surface area (Å²) in [6, 6.07) is 10.8. The Balaban J connectivity index is 1.80. The molecule has 0 saturated heterocycles. The smallest absolute Gasteiger partial charge is 0.416 e. The standard InChI is InChI=1S/C29H34F3NO4S/c1-6-9-24(26-19(5)33-27(38-26)20-10-13-22(14-11-20)29(30,31)32)37-23-15-12-21(18(4)16-23)17-25(35-7-2)28(34)36-8-3/h10-16,24-25H,6-9,17H2,1-5H3. The lowest BCUT2D eigenvalue weighted by Gasteiger charge is -2.20. The summed E-state index contributed by atoms with van der Waals surface area (Å²) in [5.74, 6) is 0.319. The summed E-state index contributed by atoms with van der Waals surface area (Å²) in [7, 11) is 0. The molecule has 0 spiro atoms. The Morgan fingerprint density at radius 3 is 2.32 bits per heavy atom. The number of aromatic nitrogens is 1. The molecule has 0 aliphatic rings. The first-order valence-electron chi connectivity index (χ1n) is 12.8. The lowest BCUT2D eigenvalue weighted by Crippen LogP contribution is -2.29. The largest absolute Gasteiger partial charge is 0.485 e. The zero-order chi connectivity index (χ0) is 27.9. The van der Waals surface area contributed by atoms with Gasteiger partial charge in [-0.25, -0.2) is 9.78 Å². The maximum atomic E-state index is 12.9. The minimum Gasteiger partial charge on any atom is -0.485 e. The van der Waals surface area contributed by atoms with Crippen LogP contribution >= 0.6 is 11.3 Å². The van der Waals surface area contributed by atoms with Crippen molar-refractivity contribution in [3.8, 4) is 16.3 Å². The van der Waals surface area contributed by atoms with E-state index < -0.39 is 17.8 Å². The lowest BCUT2D eigenvalue weighted by atomic mass is 10.0. The number of hydrogen-bond acceptors (Lipinski definition) is 6. The van der Waals surface area contributed by atoms with Crippen LogP contribution in [0.4, 0.5) is 13.2 Å². The van der Waals surface area contributed by atoms with Crippen LogP contribution < -0.4 is 4.74 Å². The van der Waals surface area contributed by atoms with Gasteiger partial charge in [-0.1, -0.05) is 31.5 Å². The van der Waals surface area contributed by atoms with Gasteiger partial charge in [0, 0.05) is 18.6 Å². The molecule has 0 saturated carbocycles. The van der Waals surface area contributed by atoms with Gasteiger partial charge in [0.2, 0.25) is 0 Å². The normalized spacial score (nSPS) is 13.3. The minimum absolute atomic E-state index is 0.248. The number of alkyl halides is 3. The van der Waals surface area contributed by atoms with Crippen molar-refractivity contribution in [2.24, 2.45) is 0 Å². The number of aryl methyl sites for hydroxylation is 2. The molecule has 0 amide bonds. The van der Waals surface area contributed by atoms with Crippen molar-refractivity contribution in [2.75, 3.05) is 13.2 Å². The van der Waals surface area contributed by atoms with Gasteiger partial charge in [0.05, 0.1) is 22.7 Å². The van der Waals surface area contributed by atoms with Gasteiger partial charge < -0.3 is 14.2 Å². The summed E-state index contributed by atoms with van der Waals surface area (Å²) in [6.45, 7) is 10.2. The van der Waals surface area contributed by atoms with E-state index in [0.29, 0.717) is 36.0 Å². The highest BCUT2D eigenvalue weighted by atomic mass is 32.1. The topological polar surface area (TPSA) is 57.7 Å². The maximum absolute atomic E-state index is 12.9. The number of hydrogen-bond donors (Lipinski definition) is 0. The number of benzene rings is 2.